The molecule has 1 saturated heterocycles. The summed E-state index contributed by atoms with van der Waals surface area (Å²) in [4.78, 5) is 10.7. The fraction of sp³-hybridized carbons (Fsp3) is 0.571. The van der Waals surface area contributed by atoms with E-state index in [0.717, 1.165) is 31.7 Å². The molecule has 22 heavy (non-hydrogen) atoms. The molecule has 7 nitrogen and oxygen atoms in total. The molecule has 1 fully saturated rings. The van der Waals surface area contributed by atoms with Gasteiger partial charge in [-0.2, -0.15) is 4.31 Å². The Bertz CT molecular complexity index is 639. The molecule has 0 aromatic heterocycles. The summed E-state index contributed by atoms with van der Waals surface area (Å²) in [5.74, 6) is 0. The van der Waals surface area contributed by atoms with Gasteiger partial charge in [0.15, 0.2) is 0 Å². The lowest BCUT2D eigenvalue weighted by Crippen LogP contribution is -2.27. The Morgan fingerprint density at radius 1 is 1.32 bits per heavy atom. The number of unbranched alkanes of at least 4 members (excludes halogenated alkanes) is 1. The van der Waals surface area contributed by atoms with Crippen LogP contribution < -0.4 is 5.32 Å². The molecule has 0 saturated carbocycles. The number of benzene rings is 1. The molecular weight excluding hydrogens is 306 g/mol. The van der Waals surface area contributed by atoms with Crippen molar-refractivity contribution in [1.29, 1.82) is 0 Å². The van der Waals surface area contributed by atoms with E-state index < -0.39 is 14.9 Å². The van der Waals surface area contributed by atoms with Crippen LogP contribution >= 0.6 is 0 Å². The third-order valence-electron chi connectivity index (χ3n) is 3.71. The predicted molar refractivity (Wildman–Crippen MR) is 84.5 cm³/mol. The van der Waals surface area contributed by atoms with Crippen LogP contribution in [-0.2, 0) is 10.0 Å². The van der Waals surface area contributed by atoms with Gasteiger partial charge in [-0.25, -0.2) is 8.42 Å². The first kappa shape index (κ1) is 16.7. The zero-order valence-electron chi connectivity index (χ0n) is 12.6. The van der Waals surface area contributed by atoms with Crippen molar-refractivity contribution in [3.05, 3.63) is 28.3 Å². The highest BCUT2D eigenvalue weighted by atomic mass is 32.2. The summed E-state index contributed by atoms with van der Waals surface area (Å²) in [6.45, 7) is 3.61. The van der Waals surface area contributed by atoms with E-state index in [1.54, 1.807) is 0 Å². The Labute approximate surface area is 130 Å². The Hall–Kier alpha value is -1.67. The van der Waals surface area contributed by atoms with Crippen LogP contribution in [0.5, 0.6) is 0 Å². The first-order valence-electron chi connectivity index (χ1n) is 7.49. The van der Waals surface area contributed by atoms with Gasteiger partial charge >= 0.3 is 0 Å². The van der Waals surface area contributed by atoms with Gasteiger partial charge in [0.25, 0.3) is 5.69 Å². The number of nitro benzene ring substituents is 1. The minimum absolute atomic E-state index is 0.0119. The molecule has 0 aliphatic carbocycles. The fourth-order valence-electron chi connectivity index (χ4n) is 2.45. The topological polar surface area (TPSA) is 92.6 Å². The predicted octanol–water partition coefficient (Wildman–Crippen LogP) is 2.59. The van der Waals surface area contributed by atoms with Crippen molar-refractivity contribution >= 4 is 21.4 Å². The minimum Gasteiger partial charge on any atom is -0.379 e. The summed E-state index contributed by atoms with van der Waals surface area (Å²) >= 11 is 0. The van der Waals surface area contributed by atoms with Gasteiger partial charge < -0.3 is 5.32 Å². The molecule has 1 N–H and O–H groups in total. The van der Waals surface area contributed by atoms with Crippen LogP contribution in [0, 0.1) is 10.1 Å². The van der Waals surface area contributed by atoms with Crippen LogP contribution in [0.3, 0.4) is 0 Å². The number of hydrogen-bond donors (Lipinski definition) is 1. The summed E-state index contributed by atoms with van der Waals surface area (Å²) in [5.41, 5.74) is 0.162. The molecule has 0 bridgehead atoms. The molecule has 1 aromatic carbocycles. The summed E-state index contributed by atoms with van der Waals surface area (Å²) < 4.78 is 26.3. The number of hydrogen-bond acceptors (Lipinski definition) is 5. The minimum atomic E-state index is -3.64. The zero-order chi connectivity index (χ0) is 16.2. The van der Waals surface area contributed by atoms with E-state index >= 15 is 0 Å². The first-order valence-corrected chi connectivity index (χ1v) is 8.93. The second kappa shape index (κ2) is 7.06. The molecule has 8 heteroatoms. The van der Waals surface area contributed by atoms with Gasteiger partial charge in [-0.3, -0.25) is 10.1 Å². The Morgan fingerprint density at radius 3 is 2.59 bits per heavy atom. The van der Waals surface area contributed by atoms with Crippen molar-refractivity contribution < 1.29 is 13.3 Å². The number of nitro groups is 1. The second-order valence-corrected chi connectivity index (χ2v) is 7.27. The number of sulfonamides is 1. The highest BCUT2D eigenvalue weighted by Crippen LogP contribution is 2.30. The fourth-order valence-corrected chi connectivity index (χ4v) is 3.99. The maximum Gasteiger partial charge on any atom is 0.293 e. The molecule has 122 valence electrons. The smallest absolute Gasteiger partial charge is 0.293 e. The number of nitrogens with one attached hydrogen (secondary N) is 1. The third-order valence-corrected chi connectivity index (χ3v) is 5.61. The van der Waals surface area contributed by atoms with Crippen LogP contribution in [0.1, 0.15) is 32.6 Å². The van der Waals surface area contributed by atoms with Gasteiger partial charge in [-0.1, -0.05) is 13.3 Å². The molecular formula is C14H21N3O4S. The molecule has 1 aliphatic rings. The quantitative estimate of drug-likeness (QED) is 0.472. The van der Waals surface area contributed by atoms with Crippen molar-refractivity contribution in [3.8, 4) is 0 Å². The van der Waals surface area contributed by atoms with Gasteiger partial charge in [0.2, 0.25) is 10.0 Å². The van der Waals surface area contributed by atoms with Crippen molar-refractivity contribution in [3.63, 3.8) is 0 Å². The Morgan fingerprint density at radius 2 is 2.00 bits per heavy atom. The van der Waals surface area contributed by atoms with Gasteiger partial charge in [-0.05, 0) is 31.4 Å². The van der Waals surface area contributed by atoms with E-state index in [-0.39, 0.29) is 10.6 Å². The van der Waals surface area contributed by atoms with E-state index in [4.69, 9.17) is 0 Å². The van der Waals surface area contributed by atoms with Crippen molar-refractivity contribution in [1.82, 2.24) is 4.31 Å². The normalized spacial score (nSPS) is 15.9. The third kappa shape index (κ3) is 3.56. The molecule has 1 aromatic rings. The van der Waals surface area contributed by atoms with Crippen molar-refractivity contribution in [2.45, 2.75) is 37.5 Å². The largest absolute Gasteiger partial charge is 0.379 e. The maximum absolute atomic E-state index is 12.5. The molecule has 0 radical (unpaired) electrons. The molecule has 2 rings (SSSR count). The van der Waals surface area contributed by atoms with Crippen LogP contribution in [0.4, 0.5) is 11.4 Å². The summed E-state index contributed by atoms with van der Waals surface area (Å²) in [7, 11) is -3.64. The van der Waals surface area contributed by atoms with Gasteiger partial charge in [0.1, 0.15) is 5.69 Å². The lowest BCUT2D eigenvalue weighted by molar-refractivity contribution is -0.384. The van der Waals surface area contributed by atoms with E-state index in [1.165, 1.54) is 16.4 Å². The van der Waals surface area contributed by atoms with Gasteiger partial charge in [0, 0.05) is 25.7 Å². The molecule has 1 heterocycles. The van der Waals surface area contributed by atoms with Crippen LogP contribution in [0.25, 0.3) is 0 Å². The van der Waals surface area contributed by atoms with E-state index in [1.807, 2.05) is 6.92 Å². The highest BCUT2D eigenvalue weighted by Gasteiger charge is 2.29. The number of rotatable bonds is 7. The molecule has 0 atom stereocenters. The molecule has 1 aliphatic heterocycles. The zero-order valence-corrected chi connectivity index (χ0v) is 13.4. The van der Waals surface area contributed by atoms with Gasteiger partial charge in [-0.15, -0.1) is 0 Å². The number of nitrogens with zero attached hydrogens (tertiary/aromatic N) is 2. The SMILES string of the molecule is CCCCNc1ccc(S(=O)(=O)N2CCCC2)cc1[N+](=O)[O-]. The Kier molecular flexibility index (Phi) is 5.36. The van der Waals surface area contributed by atoms with Crippen molar-refractivity contribution in [2.24, 2.45) is 0 Å². The molecule has 0 unspecified atom stereocenters. The molecule has 0 amide bonds. The monoisotopic (exact) mass is 327 g/mol. The van der Waals surface area contributed by atoms with Crippen molar-refractivity contribution in [2.75, 3.05) is 25.0 Å². The second-order valence-electron chi connectivity index (χ2n) is 5.33. The van der Waals surface area contributed by atoms with E-state index in [9.17, 15) is 18.5 Å². The maximum atomic E-state index is 12.5. The summed E-state index contributed by atoms with van der Waals surface area (Å²) in [5, 5.41) is 14.2. The highest BCUT2D eigenvalue weighted by molar-refractivity contribution is 7.89. The average Bonchev–Trinajstić information content (AvgIpc) is 3.02. The standard InChI is InChI=1S/C14H21N3O4S/c1-2-3-8-15-13-7-6-12(11-14(13)17(18)19)22(20,21)16-9-4-5-10-16/h6-7,11,15H,2-5,8-10H2,1H3. The Balaban J connectivity index is 2.30. The van der Waals surface area contributed by atoms with E-state index in [2.05, 4.69) is 5.32 Å². The summed E-state index contributed by atoms with van der Waals surface area (Å²) in [6.07, 6.45) is 3.53. The first-order chi connectivity index (χ1) is 10.5. The van der Waals surface area contributed by atoms with Crippen LogP contribution in [-0.4, -0.2) is 37.3 Å². The lowest BCUT2D eigenvalue weighted by atomic mass is 10.2. The van der Waals surface area contributed by atoms with Crippen LogP contribution in [0.15, 0.2) is 23.1 Å². The van der Waals surface area contributed by atoms with Gasteiger partial charge in [0.05, 0.1) is 9.82 Å². The average molecular weight is 327 g/mol. The van der Waals surface area contributed by atoms with E-state index in [0.29, 0.717) is 25.3 Å². The molecule has 0 spiro atoms. The number of anilines is 1. The summed E-state index contributed by atoms with van der Waals surface area (Å²) in [6, 6.07) is 4.08. The lowest BCUT2D eigenvalue weighted by Gasteiger charge is -2.16. The van der Waals surface area contributed by atoms with Crippen LogP contribution in [0.2, 0.25) is 0 Å².